The molecule has 0 saturated heterocycles. The number of hydrogen-bond acceptors (Lipinski definition) is 5. The van der Waals surface area contributed by atoms with Crippen molar-refractivity contribution in [3.63, 3.8) is 0 Å². The van der Waals surface area contributed by atoms with Gasteiger partial charge in [0, 0.05) is 24.2 Å². The lowest BCUT2D eigenvalue weighted by molar-refractivity contribution is 0.621. The van der Waals surface area contributed by atoms with E-state index in [1.54, 1.807) is 35.5 Å². The largest absolute Gasteiger partial charge is 0.324 e. The van der Waals surface area contributed by atoms with Gasteiger partial charge in [0.15, 0.2) is 17.3 Å². The van der Waals surface area contributed by atoms with Gasteiger partial charge in [-0.1, -0.05) is 12.2 Å². The standard InChI is InChI=1S/C18H16FN7/c1-3-5-13-15(22-11-26-17(13)23-12(2)24-26)10-25-9-8-21-18(25)16-14(19)6-4-7-20-16/h3-9,11H,10H2,1-2H3/b5-3+. The average Bonchev–Trinajstić information content (AvgIpc) is 3.23. The lowest BCUT2D eigenvalue weighted by Gasteiger charge is -2.10. The molecule has 26 heavy (non-hydrogen) atoms. The number of nitrogens with zero attached hydrogens (tertiary/aromatic N) is 7. The summed E-state index contributed by atoms with van der Waals surface area (Å²) in [6.45, 7) is 4.18. The molecule has 4 aromatic rings. The van der Waals surface area contributed by atoms with Crippen molar-refractivity contribution in [2.45, 2.75) is 20.4 Å². The predicted octanol–water partition coefficient (Wildman–Crippen LogP) is 2.91. The Bertz CT molecular complexity index is 1110. The van der Waals surface area contributed by atoms with E-state index in [1.165, 1.54) is 6.07 Å². The van der Waals surface area contributed by atoms with Crippen molar-refractivity contribution in [1.82, 2.24) is 34.1 Å². The molecule has 0 N–H and O–H groups in total. The number of aryl methyl sites for hydroxylation is 1. The molecule has 0 amide bonds. The van der Waals surface area contributed by atoms with Crippen molar-refractivity contribution in [3.05, 3.63) is 66.0 Å². The maximum atomic E-state index is 14.1. The lowest BCUT2D eigenvalue weighted by Crippen LogP contribution is -2.08. The first-order chi connectivity index (χ1) is 12.7. The molecule has 0 aliphatic heterocycles. The molecule has 0 saturated carbocycles. The second-order valence-corrected chi connectivity index (χ2v) is 5.74. The molecule has 4 rings (SSSR count). The molecule has 0 atom stereocenters. The van der Waals surface area contributed by atoms with Gasteiger partial charge in [0.05, 0.1) is 12.2 Å². The van der Waals surface area contributed by atoms with E-state index in [0.717, 1.165) is 16.9 Å². The van der Waals surface area contributed by atoms with Crippen LogP contribution in [0.1, 0.15) is 24.0 Å². The first-order valence-corrected chi connectivity index (χ1v) is 8.13. The summed E-state index contributed by atoms with van der Waals surface area (Å²) in [6.07, 6.45) is 10.5. The molecule has 0 aliphatic carbocycles. The van der Waals surface area contributed by atoms with Gasteiger partial charge in [-0.3, -0.25) is 0 Å². The zero-order valence-corrected chi connectivity index (χ0v) is 14.3. The third-order valence-electron chi connectivity index (χ3n) is 3.95. The minimum atomic E-state index is -0.412. The summed E-state index contributed by atoms with van der Waals surface area (Å²) in [6, 6.07) is 2.93. The van der Waals surface area contributed by atoms with Gasteiger partial charge in [-0.05, 0) is 26.0 Å². The Balaban J connectivity index is 1.81. The second kappa shape index (κ2) is 6.47. The fraction of sp³-hybridized carbons (Fsp3) is 0.167. The number of halogens is 1. The van der Waals surface area contributed by atoms with Crippen molar-refractivity contribution in [3.8, 4) is 11.5 Å². The van der Waals surface area contributed by atoms with Crippen LogP contribution in [0, 0.1) is 12.7 Å². The minimum absolute atomic E-state index is 0.212. The number of pyridine rings is 1. The van der Waals surface area contributed by atoms with Crippen molar-refractivity contribution >= 4 is 11.7 Å². The van der Waals surface area contributed by atoms with Crippen LogP contribution in [0.15, 0.2) is 43.1 Å². The summed E-state index contributed by atoms with van der Waals surface area (Å²) < 4.78 is 17.6. The first kappa shape index (κ1) is 16.1. The van der Waals surface area contributed by atoms with Crippen molar-refractivity contribution < 1.29 is 4.39 Å². The first-order valence-electron chi connectivity index (χ1n) is 8.13. The normalized spacial score (nSPS) is 11.7. The maximum Gasteiger partial charge on any atom is 0.166 e. The van der Waals surface area contributed by atoms with E-state index < -0.39 is 5.82 Å². The third-order valence-corrected chi connectivity index (χ3v) is 3.95. The van der Waals surface area contributed by atoms with E-state index in [2.05, 4.69) is 25.0 Å². The highest BCUT2D eigenvalue weighted by Gasteiger charge is 2.16. The smallest absolute Gasteiger partial charge is 0.166 e. The summed E-state index contributed by atoms with van der Waals surface area (Å²) in [4.78, 5) is 17.4. The number of hydrogen-bond donors (Lipinski definition) is 0. The van der Waals surface area contributed by atoms with Crippen LogP contribution in [0.4, 0.5) is 4.39 Å². The van der Waals surface area contributed by atoms with E-state index in [4.69, 9.17) is 0 Å². The van der Waals surface area contributed by atoms with Crippen LogP contribution in [0.25, 0.3) is 23.2 Å². The number of allylic oxidation sites excluding steroid dienone is 1. The molecule has 7 nitrogen and oxygen atoms in total. The number of rotatable bonds is 4. The van der Waals surface area contributed by atoms with Gasteiger partial charge in [0.2, 0.25) is 0 Å². The highest BCUT2D eigenvalue weighted by molar-refractivity contribution is 5.67. The summed E-state index contributed by atoms with van der Waals surface area (Å²) >= 11 is 0. The summed E-state index contributed by atoms with van der Waals surface area (Å²) in [7, 11) is 0. The highest BCUT2D eigenvalue weighted by Crippen LogP contribution is 2.21. The van der Waals surface area contributed by atoms with Gasteiger partial charge in [0.25, 0.3) is 0 Å². The molecule has 0 bridgehead atoms. The average molecular weight is 349 g/mol. The number of fused-ring (bicyclic) bond motifs is 1. The van der Waals surface area contributed by atoms with Crippen LogP contribution in [0.3, 0.4) is 0 Å². The molecule has 4 aromatic heterocycles. The van der Waals surface area contributed by atoms with E-state index in [-0.39, 0.29) is 5.69 Å². The van der Waals surface area contributed by atoms with E-state index in [9.17, 15) is 4.39 Å². The van der Waals surface area contributed by atoms with Crippen LogP contribution in [0.2, 0.25) is 0 Å². The number of imidazole rings is 1. The van der Waals surface area contributed by atoms with Crippen LogP contribution in [-0.4, -0.2) is 34.1 Å². The number of aromatic nitrogens is 7. The fourth-order valence-electron chi connectivity index (χ4n) is 2.85. The third kappa shape index (κ3) is 2.75. The molecule has 0 aromatic carbocycles. The van der Waals surface area contributed by atoms with Gasteiger partial charge in [-0.25, -0.2) is 28.8 Å². The minimum Gasteiger partial charge on any atom is -0.324 e. The quantitative estimate of drug-likeness (QED) is 0.566. The van der Waals surface area contributed by atoms with Gasteiger partial charge in [-0.15, -0.1) is 0 Å². The van der Waals surface area contributed by atoms with Gasteiger partial charge in [-0.2, -0.15) is 5.10 Å². The molecule has 0 radical (unpaired) electrons. The Morgan fingerprint density at radius 2 is 2.08 bits per heavy atom. The van der Waals surface area contributed by atoms with E-state index in [0.29, 0.717) is 18.2 Å². The molecular formula is C18H16FN7. The Kier molecular flexibility index (Phi) is 4.00. The van der Waals surface area contributed by atoms with Crippen LogP contribution in [-0.2, 0) is 6.54 Å². The van der Waals surface area contributed by atoms with Crippen LogP contribution >= 0.6 is 0 Å². The summed E-state index contributed by atoms with van der Waals surface area (Å²) in [5, 5.41) is 4.30. The summed E-state index contributed by atoms with van der Waals surface area (Å²) in [5.41, 5.74) is 2.61. The topological polar surface area (TPSA) is 73.8 Å². The second-order valence-electron chi connectivity index (χ2n) is 5.74. The van der Waals surface area contributed by atoms with Crippen LogP contribution in [0.5, 0.6) is 0 Å². The lowest BCUT2D eigenvalue weighted by atomic mass is 10.2. The molecule has 8 heteroatoms. The summed E-state index contributed by atoms with van der Waals surface area (Å²) in [5.74, 6) is 0.715. The van der Waals surface area contributed by atoms with E-state index in [1.807, 2.05) is 30.6 Å². The maximum absolute atomic E-state index is 14.1. The van der Waals surface area contributed by atoms with Crippen molar-refractivity contribution in [2.24, 2.45) is 0 Å². The molecule has 0 spiro atoms. The SMILES string of the molecule is C/C=C/c1c(Cn2ccnc2-c2ncccc2F)ncn2nc(C)nc12. The van der Waals surface area contributed by atoms with Crippen molar-refractivity contribution in [2.75, 3.05) is 0 Å². The molecular weight excluding hydrogens is 333 g/mol. The molecule has 4 heterocycles. The fourth-order valence-corrected chi connectivity index (χ4v) is 2.85. The molecule has 0 unspecified atom stereocenters. The predicted molar refractivity (Wildman–Crippen MR) is 94.7 cm³/mol. The van der Waals surface area contributed by atoms with Gasteiger partial charge < -0.3 is 4.57 Å². The molecule has 0 fully saturated rings. The van der Waals surface area contributed by atoms with Gasteiger partial charge in [0.1, 0.15) is 17.8 Å². The van der Waals surface area contributed by atoms with Crippen LogP contribution < -0.4 is 0 Å². The molecule has 130 valence electrons. The Morgan fingerprint density at radius 1 is 1.19 bits per heavy atom. The molecule has 0 aliphatic rings. The Labute approximate surface area is 148 Å². The Morgan fingerprint density at radius 3 is 2.88 bits per heavy atom. The van der Waals surface area contributed by atoms with Crippen molar-refractivity contribution in [1.29, 1.82) is 0 Å². The van der Waals surface area contributed by atoms with E-state index >= 15 is 0 Å². The zero-order chi connectivity index (χ0) is 18.1. The zero-order valence-electron chi connectivity index (χ0n) is 14.3. The highest BCUT2D eigenvalue weighted by atomic mass is 19.1. The van der Waals surface area contributed by atoms with Gasteiger partial charge >= 0.3 is 0 Å². The monoisotopic (exact) mass is 349 g/mol. The Hall–Kier alpha value is -3.42.